The molecular formula is C31H56O6Si. The van der Waals surface area contributed by atoms with Crippen LogP contribution >= 0.6 is 0 Å². The molecule has 1 aliphatic carbocycles. The monoisotopic (exact) mass is 552 g/mol. The summed E-state index contributed by atoms with van der Waals surface area (Å²) in [4.78, 5) is 36.6. The van der Waals surface area contributed by atoms with Gasteiger partial charge < -0.3 is 18.7 Å². The van der Waals surface area contributed by atoms with Gasteiger partial charge in [0.05, 0.1) is 19.1 Å². The SMILES string of the molecule is CCCCCCCCCCCCCCCC[C@@]1(O[Si](C)(C)C)C=C[C@H](OC(=O)CCC(C)=O)[C@@H]1C(=O)OC. The van der Waals surface area contributed by atoms with Gasteiger partial charge in [-0.25, -0.2) is 0 Å². The summed E-state index contributed by atoms with van der Waals surface area (Å²) in [5, 5.41) is 0. The predicted octanol–water partition coefficient (Wildman–Crippen LogP) is 8.09. The van der Waals surface area contributed by atoms with Gasteiger partial charge in [0, 0.05) is 6.42 Å². The molecule has 220 valence electrons. The van der Waals surface area contributed by atoms with E-state index in [9.17, 15) is 14.4 Å². The highest BCUT2D eigenvalue weighted by Crippen LogP contribution is 2.42. The van der Waals surface area contributed by atoms with E-state index >= 15 is 0 Å². The van der Waals surface area contributed by atoms with Crippen molar-refractivity contribution in [1.29, 1.82) is 0 Å². The zero-order valence-corrected chi connectivity index (χ0v) is 26.3. The Kier molecular flexibility index (Phi) is 17.0. The number of esters is 2. The third kappa shape index (κ3) is 14.1. The summed E-state index contributed by atoms with van der Waals surface area (Å²) in [6.45, 7) is 10.0. The standard InChI is InChI=1S/C31H56O6Si/c1-7-8-9-10-11-12-13-14-15-16-17-18-19-20-24-31(37-38(4,5)6)25-23-27(29(31)30(34)35-3)36-28(33)22-21-26(2)32/h23,25,27,29H,7-22,24H2,1-6H3/t27-,29+,31+/m0/s1. The number of ether oxygens (including phenoxy) is 2. The van der Waals surface area contributed by atoms with Crippen molar-refractivity contribution < 1.29 is 28.3 Å². The molecule has 0 radical (unpaired) electrons. The van der Waals surface area contributed by atoms with Gasteiger partial charge in [-0.3, -0.25) is 9.59 Å². The van der Waals surface area contributed by atoms with Crippen molar-refractivity contribution in [1.82, 2.24) is 0 Å². The topological polar surface area (TPSA) is 78.9 Å². The molecule has 0 aliphatic heterocycles. The van der Waals surface area contributed by atoms with Crippen molar-refractivity contribution in [3.05, 3.63) is 12.2 Å². The first-order valence-corrected chi connectivity index (χ1v) is 18.6. The fraction of sp³-hybridized carbons (Fsp3) is 0.839. The molecule has 0 spiro atoms. The molecule has 0 N–H and O–H groups in total. The molecule has 0 saturated heterocycles. The largest absolute Gasteiger partial charge is 0.469 e. The average Bonchev–Trinajstić information content (AvgIpc) is 3.18. The minimum atomic E-state index is -2.05. The van der Waals surface area contributed by atoms with Crippen molar-refractivity contribution in [2.24, 2.45) is 5.92 Å². The van der Waals surface area contributed by atoms with Gasteiger partial charge in [-0.2, -0.15) is 0 Å². The molecule has 1 aliphatic rings. The number of rotatable bonds is 22. The molecular weight excluding hydrogens is 496 g/mol. The Hall–Kier alpha value is -1.47. The molecule has 0 fully saturated rings. The Morgan fingerprint density at radius 1 is 0.789 bits per heavy atom. The number of methoxy groups -OCH3 is 1. The molecule has 7 heteroatoms. The molecule has 3 atom stereocenters. The Bertz CT molecular complexity index is 728. The molecule has 0 aromatic carbocycles. The summed E-state index contributed by atoms with van der Waals surface area (Å²) in [6, 6.07) is 0. The maximum absolute atomic E-state index is 12.9. The molecule has 0 bridgehead atoms. The molecule has 0 amide bonds. The molecule has 1 rings (SSSR count). The second-order valence-corrected chi connectivity index (χ2v) is 16.5. The van der Waals surface area contributed by atoms with Crippen LogP contribution in [0.4, 0.5) is 0 Å². The molecule has 0 saturated carbocycles. The third-order valence-corrected chi connectivity index (χ3v) is 8.24. The van der Waals surface area contributed by atoms with Gasteiger partial charge in [0.2, 0.25) is 0 Å². The summed E-state index contributed by atoms with van der Waals surface area (Å²) in [5.74, 6) is -1.71. The quantitative estimate of drug-likeness (QED) is 0.0584. The van der Waals surface area contributed by atoms with Crippen LogP contribution in [0.15, 0.2) is 12.2 Å². The summed E-state index contributed by atoms with van der Waals surface area (Å²) < 4.78 is 17.4. The van der Waals surface area contributed by atoms with Gasteiger partial charge in [-0.15, -0.1) is 0 Å². The number of hydrogen-bond acceptors (Lipinski definition) is 6. The number of Topliss-reactive ketones (excluding diaryl/α,β-unsaturated/α-hetero) is 1. The van der Waals surface area contributed by atoms with Crippen LogP contribution < -0.4 is 0 Å². The van der Waals surface area contributed by atoms with Crippen LogP contribution in [-0.4, -0.2) is 44.9 Å². The predicted molar refractivity (Wildman–Crippen MR) is 157 cm³/mol. The molecule has 6 nitrogen and oxygen atoms in total. The molecule has 0 aromatic heterocycles. The number of carbonyl (C=O) groups excluding carboxylic acids is 3. The second kappa shape index (κ2) is 18.7. The van der Waals surface area contributed by atoms with Crippen molar-refractivity contribution in [2.45, 2.75) is 154 Å². The normalized spacial score (nSPS) is 21.0. The lowest BCUT2D eigenvalue weighted by molar-refractivity contribution is -0.164. The third-order valence-electron chi connectivity index (χ3n) is 7.24. The number of ketones is 1. The van der Waals surface area contributed by atoms with Gasteiger partial charge in [0.25, 0.3) is 0 Å². The number of unbranched alkanes of at least 4 members (excludes halogenated alkanes) is 13. The van der Waals surface area contributed by atoms with Crippen LogP contribution in [-0.2, 0) is 28.3 Å². The van der Waals surface area contributed by atoms with E-state index in [1.54, 1.807) is 6.08 Å². The zero-order valence-electron chi connectivity index (χ0n) is 25.3. The summed E-state index contributed by atoms with van der Waals surface area (Å²) in [7, 11) is -0.684. The van der Waals surface area contributed by atoms with E-state index in [1.807, 2.05) is 6.08 Å². The Morgan fingerprint density at radius 3 is 1.74 bits per heavy atom. The fourth-order valence-electron chi connectivity index (χ4n) is 5.36. The van der Waals surface area contributed by atoms with Crippen molar-refractivity contribution in [3.8, 4) is 0 Å². The lowest BCUT2D eigenvalue weighted by Gasteiger charge is -2.40. The van der Waals surface area contributed by atoms with Crippen molar-refractivity contribution >= 4 is 26.0 Å². The van der Waals surface area contributed by atoms with Gasteiger partial charge in [-0.1, -0.05) is 103 Å². The first kappa shape index (κ1) is 34.6. The summed E-state index contributed by atoms with van der Waals surface area (Å²) >= 11 is 0. The summed E-state index contributed by atoms with van der Waals surface area (Å²) in [6.07, 6.45) is 21.8. The highest BCUT2D eigenvalue weighted by Gasteiger charge is 2.53. The Labute approximate surface area is 233 Å². The maximum Gasteiger partial charge on any atom is 0.316 e. The minimum Gasteiger partial charge on any atom is -0.469 e. The second-order valence-electron chi connectivity index (χ2n) is 12.0. The van der Waals surface area contributed by atoms with E-state index in [4.69, 9.17) is 13.9 Å². The lowest BCUT2D eigenvalue weighted by atomic mass is 9.84. The number of hydrogen-bond donors (Lipinski definition) is 0. The van der Waals surface area contributed by atoms with Crippen LogP contribution in [0.2, 0.25) is 19.6 Å². The van der Waals surface area contributed by atoms with Crippen LogP contribution in [0.1, 0.15) is 123 Å². The van der Waals surface area contributed by atoms with Crippen molar-refractivity contribution in [3.63, 3.8) is 0 Å². The molecule has 0 unspecified atom stereocenters. The highest BCUT2D eigenvalue weighted by atomic mass is 28.4. The first-order chi connectivity index (χ1) is 18.0. The van der Waals surface area contributed by atoms with Gasteiger partial charge in [-0.05, 0) is 39.1 Å². The maximum atomic E-state index is 12.9. The highest BCUT2D eigenvalue weighted by molar-refractivity contribution is 6.69. The smallest absolute Gasteiger partial charge is 0.316 e. The van der Waals surface area contributed by atoms with E-state index in [2.05, 4.69) is 26.6 Å². The van der Waals surface area contributed by atoms with Gasteiger partial charge in [0.1, 0.15) is 17.8 Å². The molecule has 38 heavy (non-hydrogen) atoms. The Morgan fingerprint density at radius 2 is 1.29 bits per heavy atom. The van der Waals surface area contributed by atoms with E-state index in [1.165, 1.54) is 91.1 Å². The fourth-order valence-corrected chi connectivity index (χ4v) is 6.80. The van der Waals surface area contributed by atoms with Gasteiger partial charge in [0.15, 0.2) is 8.32 Å². The molecule has 0 aromatic rings. The van der Waals surface area contributed by atoms with Crippen LogP contribution in [0, 0.1) is 5.92 Å². The average molecular weight is 553 g/mol. The number of carbonyl (C=O) groups is 3. The van der Waals surface area contributed by atoms with E-state index in [-0.39, 0.29) is 18.6 Å². The summed E-state index contributed by atoms with van der Waals surface area (Å²) in [5.41, 5.74) is -0.833. The lowest BCUT2D eigenvalue weighted by Crippen LogP contribution is -2.51. The first-order valence-electron chi connectivity index (χ1n) is 15.2. The van der Waals surface area contributed by atoms with E-state index < -0.39 is 37.9 Å². The zero-order chi connectivity index (χ0) is 28.4. The van der Waals surface area contributed by atoms with E-state index in [0.717, 1.165) is 12.8 Å². The van der Waals surface area contributed by atoms with Gasteiger partial charge >= 0.3 is 11.9 Å². The Balaban J connectivity index is 2.54. The van der Waals surface area contributed by atoms with Crippen LogP contribution in [0.3, 0.4) is 0 Å². The molecule has 0 heterocycles. The van der Waals surface area contributed by atoms with E-state index in [0.29, 0.717) is 6.42 Å². The minimum absolute atomic E-state index is 0.00834. The van der Waals surface area contributed by atoms with Crippen LogP contribution in [0.5, 0.6) is 0 Å². The van der Waals surface area contributed by atoms with Crippen molar-refractivity contribution in [2.75, 3.05) is 7.11 Å². The van der Waals surface area contributed by atoms with Crippen LogP contribution in [0.25, 0.3) is 0 Å².